The van der Waals surface area contributed by atoms with Crippen molar-refractivity contribution in [1.29, 1.82) is 0 Å². The molecule has 0 aliphatic carbocycles. The van der Waals surface area contributed by atoms with Gasteiger partial charge in [-0.15, -0.1) is 24.9 Å². The lowest BCUT2D eigenvalue weighted by molar-refractivity contribution is -0.147. The van der Waals surface area contributed by atoms with E-state index in [0.717, 1.165) is 0 Å². The normalized spacial score (nSPS) is 32.2. The van der Waals surface area contributed by atoms with E-state index in [1.807, 2.05) is 27.7 Å². The molecule has 196 valence electrons. The van der Waals surface area contributed by atoms with Crippen molar-refractivity contribution >= 4 is 45.4 Å². The number of hydrogen-bond donors (Lipinski definition) is 1. The maximum Gasteiger partial charge on any atom is 0.247 e. The number of aliphatic hydroxyl groups is 1. The fourth-order valence-electron chi connectivity index (χ4n) is 6.23. The van der Waals surface area contributed by atoms with Crippen LogP contribution in [0, 0.1) is 17.8 Å². The summed E-state index contributed by atoms with van der Waals surface area (Å²) in [5, 5.41) is 10.3. The van der Waals surface area contributed by atoms with E-state index in [1.54, 1.807) is 45.7 Å². The van der Waals surface area contributed by atoms with Crippen LogP contribution in [0.15, 0.2) is 25.3 Å². The molecule has 3 heterocycles. The minimum Gasteiger partial charge on any atom is -0.394 e. The number of likely N-dealkylation sites (tertiary alicyclic amines) is 1. The van der Waals surface area contributed by atoms with Gasteiger partial charge in [0.25, 0.3) is 0 Å². The molecule has 35 heavy (non-hydrogen) atoms. The number of carbonyl (C=O) groups excluding carboxylic acids is 3. The van der Waals surface area contributed by atoms with Crippen molar-refractivity contribution in [2.45, 2.75) is 73.5 Å². The quantitative estimate of drug-likeness (QED) is 0.305. The molecule has 3 rings (SSSR count). The van der Waals surface area contributed by atoms with Gasteiger partial charge in [-0.1, -0.05) is 41.9 Å². The highest BCUT2D eigenvalue weighted by atomic mass is 79.9. The Morgan fingerprint density at radius 2 is 1.86 bits per heavy atom. The van der Waals surface area contributed by atoms with Crippen LogP contribution in [0.25, 0.3) is 0 Å². The third-order valence-corrected chi connectivity index (χ3v) is 10.8. The van der Waals surface area contributed by atoms with Gasteiger partial charge >= 0.3 is 0 Å². The molecule has 0 aromatic heterocycles. The summed E-state index contributed by atoms with van der Waals surface area (Å²) in [5.41, 5.74) is 0. The summed E-state index contributed by atoms with van der Waals surface area (Å²) >= 11 is 5.43. The van der Waals surface area contributed by atoms with E-state index in [9.17, 15) is 19.5 Å². The third-order valence-electron chi connectivity index (χ3n) is 7.61. The van der Waals surface area contributed by atoms with Crippen LogP contribution in [0.1, 0.15) is 40.5 Å². The zero-order valence-corrected chi connectivity index (χ0v) is 23.9. The maximum atomic E-state index is 14.2. The van der Waals surface area contributed by atoms with Gasteiger partial charge in [-0.2, -0.15) is 0 Å². The highest BCUT2D eigenvalue weighted by Gasteiger charge is 2.76. The molecule has 3 saturated heterocycles. The molecule has 3 aliphatic heterocycles. The van der Waals surface area contributed by atoms with E-state index in [0.29, 0.717) is 25.9 Å². The Bertz CT molecular complexity index is 868. The molecule has 2 bridgehead atoms. The summed E-state index contributed by atoms with van der Waals surface area (Å²) < 4.78 is -0.721. The maximum absolute atomic E-state index is 14.2. The summed E-state index contributed by atoms with van der Waals surface area (Å²) in [5.74, 6) is -1.29. The monoisotopic (exact) mass is 569 g/mol. The number of rotatable bonds is 11. The molecule has 0 saturated carbocycles. The molecular formula is C26H40BrN3O4S. The molecule has 1 N–H and O–H groups in total. The number of hydrogen-bond acceptors (Lipinski definition) is 5. The Labute approximate surface area is 222 Å². The fraction of sp³-hybridized carbons (Fsp3) is 0.731. The molecule has 0 aromatic rings. The minimum atomic E-state index is -0.740. The minimum absolute atomic E-state index is 0.0162. The second-order valence-electron chi connectivity index (χ2n) is 10.8. The van der Waals surface area contributed by atoms with Gasteiger partial charge in [0.05, 0.1) is 29.2 Å². The highest BCUT2D eigenvalue weighted by molar-refractivity contribution is 9.09. The SMILES string of the molecule is C=CCN(C)C(=O)[C@H]1[C@H]2C(=O)N([C@@H](CO)CC(C)C)C(C(=O)N(CC=C)C(C)C)C23CC(Br)[C@@H]1S3. The molecular weight excluding hydrogens is 530 g/mol. The zero-order valence-electron chi connectivity index (χ0n) is 21.5. The summed E-state index contributed by atoms with van der Waals surface area (Å²) in [7, 11) is 1.73. The van der Waals surface area contributed by atoms with Crippen molar-refractivity contribution in [3.8, 4) is 0 Å². The Kier molecular flexibility index (Phi) is 8.86. The van der Waals surface area contributed by atoms with Gasteiger partial charge in [0.2, 0.25) is 17.7 Å². The van der Waals surface area contributed by atoms with Crippen LogP contribution in [0.2, 0.25) is 0 Å². The Hall–Kier alpha value is -1.32. The zero-order chi connectivity index (χ0) is 26.2. The van der Waals surface area contributed by atoms with Crippen LogP contribution in [-0.2, 0) is 14.4 Å². The Morgan fingerprint density at radius 1 is 1.23 bits per heavy atom. The first-order valence-corrected chi connectivity index (χ1v) is 14.3. The van der Waals surface area contributed by atoms with E-state index in [4.69, 9.17) is 0 Å². The molecule has 7 atom stereocenters. The molecule has 3 aliphatic rings. The largest absolute Gasteiger partial charge is 0.394 e. The first-order chi connectivity index (χ1) is 16.5. The molecule has 9 heteroatoms. The van der Waals surface area contributed by atoms with Crippen LogP contribution >= 0.6 is 27.7 Å². The van der Waals surface area contributed by atoms with Crippen molar-refractivity contribution in [2.24, 2.45) is 17.8 Å². The van der Waals surface area contributed by atoms with Crippen molar-refractivity contribution in [1.82, 2.24) is 14.7 Å². The smallest absolute Gasteiger partial charge is 0.247 e. The number of likely N-dealkylation sites (N-methyl/N-ethyl adjacent to an activating group) is 1. The van der Waals surface area contributed by atoms with Gasteiger partial charge in [0.1, 0.15) is 6.04 Å². The average Bonchev–Trinajstić information content (AvgIpc) is 3.38. The van der Waals surface area contributed by atoms with Gasteiger partial charge in [-0.3, -0.25) is 14.4 Å². The Balaban J connectivity index is 2.15. The fourth-order valence-corrected chi connectivity index (χ4v) is 9.82. The molecule has 1 spiro atoms. The van der Waals surface area contributed by atoms with Crippen molar-refractivity contribution in [2.75, 3.05) is 26.7 Å². The second-order valence-corrected chi connectivity index (χ2v) is 13.5. The van der Waals surface area contributed by atoms with Crippen LogP contribution < -0.4 is 0 Å². The highest BCUT2D eigenvalue weighted by Crippen LogP contribution is 2.68. The number of nitrogens with zero attached hydrogens (tertiary/aromatic N) is 3. The van der Waals surface area contributed by atoms with E-state index in [-0.39, 0.29) is 46.4 Å². The summed E-state index contributed by atoms with van der Waals surface area (Å²) in [6, 6.07) is -1.30. The van der Waals surface area contributed by atoms with Gasteiger partial charge < -0.3 is 19.8 Å². The lowest BCUT2D eigenvalue weighted by atomic mass is 9.70. The summed E-state index contributed by atoms with van der Waals surface area (Å²) in [6.07, 6.45) is 4.59. The van der Waals surface area contributed by atoms with E-state index in [2.05, 4.69) is 29.1 Å². The standard InChI is InChI=1S/C26H40BrN3O4S/c1-8-10-28(7)23(32)19-20-24(33)30(17(14-31)12-15(3)4)22(25(34)29(11-9-2)16(5)6)26(20)13-18(27)21(19)35-26/h8-9,15-22,31H,1-2,10-14H2,3-7H3/t17-,18?,19+,20+,21+,22?,26?/m1/s1. The molecule has 3 fully saturated rings. The number of halogens is 1. The number of thioether (sulfide) groups is 1. The topological polar surface area (TPSA) is 81.2 Å². The lowest BCUT2D eigenvalue weighted by Crippen LogP contribution is -2.59. The van der Waals surface area contributed by atoms with Crippen LogP contribution in [0.5, 0.6) is 0 Å². The first kappa shape index (κ1) is 28.3. The Morgan fingerprint density at radius 3 is 2.37 bits per heavy atom. The summed E-state index contributed by atoms with van der Waals surface area (Å²) in [4.78, 5) is 47.1. The average molecular weight is 571 g/mol. The van der Waals surface area contributed by atoms with Gasteiger partial charge in [0.15, 0.2) is 0 Å². The summed E-state index contributed by atoms with van der Waals surface area (Å²) in [6.45, 7) is 16.1. The molecule has 0 aromatic carbocycles. The van der Waals surface area contributed by atoms with Gasteiger partial charge in [0, 0.05) is 36.3 Å². The van der Waals surface area contributed by atoms with Gasteiger partial charge in [-0.05, 0) is 32.6 Å². The molecule has 3 unspecified atom stereocenters. The number of carbonyl (C=O) groups is 3. The van der Waals surface area contributed by atoms with E-state index in [1.165, 1.54) is 0 Å². The van der Waals surface area contributed by atoms with Crippen molar-refractivity contribution in [3.63, 3.8) is 0 Å². The lowest BCUT2D eigenvalue weighted by Gasteiger charge is -2.41. The molecule has 3 amide bonds. The molecule has 7 nitrogen and oxygen atoms in total. The van der Waals surface area contributed by atoms with Crippen LogP contribution in [0.4, 0.5) is 0 Å². The second kappa shape index (κ2) is 11.0. The first-order valence-electron chi connectivity index (χ1n) is 12.5. The van der Waals surface area contributed by atoms with E-state index < -0.39 is 28.7 Å². The molecule has 0 radical (unpaired) electrons. The predicted molar refractivity (Wildman–Crippen MR) is 144 cm³/mol. The van der Waals surface area contributed by atoms with Crippen molar-refractivity contribution < 1.29 is 19.5 Å². The number of amides is 3. The third kappa shape index (κ3) is 4.73. The predicted octanol–water partition coefficient (Wildman–Crippen LogP) is 2.93. The number of fused-ring (bicyclic) bond motifs is 1. The van der Waals surface area contributed by atoms with Crippen LogP contribution in [-0.4, -0.2) is 97.2 Å². The van der Waals surface area contributed by atoms with Crippen LogP contribution in [0.3, 0.4) is 0 Å². The van der Waals surface area contributed by atoms with E-state index >= 15 is 0 Å². The van der Waals surface area contributed by atoms with Crippen molar-refractivity contribution in [3.05, 3.63) is 25.3 Å². The number of aliphatic hydroxyl groups excluding tert-OH is 1. The number of alkyl halides is 1. The van der Waals surface area contributed by atoms with Gasteiger partial charge in [-0.25, -0.2) is 0 Å².